The van der Waals surface area contributed by atoms with Gasteiger partial charge in [0.2, 0.25) is 0 Å². The van der Waals surface area contributed by atoms with Crippen LogP contribution in [-0.2, 0) is 13.2 Å². The van der Waals surface area contributed by atoms with Crippen LogP contribution in [0.5, 0.6) is 5.75 Å². The van der Waals surface area contributed by atoms with Gasteiger partial charge < -0.3 is 14.6 Å². The second kappa shape index (κ2) is 5.85. The zero-order valence-electron chi connectivity index (χ0n) is 13.2. The number of nitrogens with one attached hydrogen (secondary N) is 1. The maximum absolute atomic E-state index is 12.4. The van der Waals surface area contributed by atoms with E-state index in [1.807, 2.05) is 55.5 Å². The van der Waals surface area contributed by atoms with Gasteiger partial charge in [-0.25, -0.2) is 0 Å². The average Bonchev–Trinajstić information content (AvgIpc) is 3.05. The van der Waals surface area contributed by atoms with Crippen molar-refractivity contribution in [2.75, 3.05) is 0 Å². The molecule has 0 spiro atoms. The van der Waals surface area contributed by atoms with Crippen LogP contribution in [0.1, 0.15) is 27.2 Å². The first-order valence-corrected chi connectivity index (χ1v) is 7.77. The highest BCUT2D eigenvalue weighted by Crippen LogP contribution is 2.38. The minimum Gasteiger partial charge on any atom is -0.488 e. The molecule has 4 rings (SSSR count). The number of rotatable bonds is 3. The van der Waals surface area contributed by atoms with Crippen LogP contribution in [-0.4, -0.2) is 11.1 Å². The lowest BCUT2D eigenvalue weighted by molar-refractivity contribution is 0.0940. The highest BCUT2D eigenvalue weighted by Gasteiger charge is 2.28. The molecule has 0 unspecified atom stereocenters. The summed E-state index contributed by atoms with van der Waals surface area (Å²) in [7, 11) is 0. The fourth-order valence-corrected chi connectivity index (χ4v) is 2.74. The van der Waals surface area contributed by atoms with E-state index in [0.29, 0.717) is 17.9 Å². The number of carbonyl (C=O) groups excluding carboxylic acids is 1. The standard InChI is InChI=1S/C19H16N2O3/c1-12-6-8-13(9-7-12)10-20-19(22)17-15-11-23-16-5-3-2-4-14(16)18(15)24-21-17/h2-9H,10-11H2,1H3,(H,20,22). The minimum absolute atomic E-state index is 0.261. The quantitative estimate of drug-likeness (QED) is 0.802. The molecule has 0 saturated heterocycles. The van der Waals surface area contributed by atoms with E-state index in [-0.39, 0.29) is 18.2 Å². The summed E-state index contributed by atoms with van der Waals surface area (Å²) >= 11 is 0. The molecule has 24 heavy (non-hydrogen) atoms. The van der Waals surface area contributed by atoms with Crippen molar-refractivity contribution in [2.45, 2.75) is 20.1 Å². The Morgan fingerprint density at radius 2 is 1.96 bits per heavy atom. The number of amides is 1. The number of hydrogen-bond acceptors (Lipinski definition) is 4. The molecule has 1 aliphatic heterocycles. The molecular formula is C19H16N2O3. The third-order valence-electron chi connectivity index (χ3n) is 4.08. The van der Waals surface area contributed by atoms with Gasteiger partial charge >= 0.3 is 0 Å². The predicted molar refractivity (Wildman–Crippen MR) is 88.6 cm³/mol. The Labute approximate surface area is 139 Å². The lowest BCUT2D eigenvalue weighted by Crippen LogP contribution is -2.24. The number of para-hydroxylation sites is 1. The molecule has 5 nitrogen and oxygen atoms in total. The first kappa shape index (κ1) is 14.5. The lowest BCUT2D eigenvalue weighted by atomic mass is 10.0. The average molecular weight is 320 g/mol. The maximum atomic E-state index is 12.4. The Bertz CT molecular complexity index is 897. The monoisotopic (exact) mass is 320 g/mol. The van der Waals surface area contributed by atoms with Gasteiger partial charge in [0.25, 0.3) is 5.91 Å². The lowest BCUT2D eigenvalue weighted by Gasteiger charge is -2.15. The molecule has 1 aliphatic rings. The normalized spacial score (nSPS) is 12.0. The van der Waals surface area contributed by atoms with Gasteiger partial charge in [0.1, 0.15) is 12.4 Å². The van der Waals surface area contributed by atoms with E-state index >= 15 is 0 Å². The number of nitrogens with zero attached hydrogens (tertiary/aromatic N) is 1. The molecule has 2 heterocycles. The molecule has 120 valence electrons. The number of carbonyl (C=O) groups is 1. The molecular weight excluding hydrogens is 304 g/mol. The van der Waals surface area contributed by atoms with Crippen LogP contribution in [0.3, 0.4) is 0 Å². The van der Waals surface area contributed by atoms with Crippen molar-refractivity contribution < 1.29 is 14.1 Å². The topological polar surface area (TPSA) is 64.4 Å². The molecule has 3 aromatic rings. The van der Waals surface area contributed by atoms with Gasteiger partial charge in [-0.3, -0.25) is 4.79 Å². The summed E-state index contributed by atoms with van der Waals surface area (Å²) in [4.78, 5) is 12.4. The van der Waals surface area contributed by atoms with Crippen molar-refractivity contribution >= 4 is 5.91 Å². The SMILES string of the molecule is Cc1ccc(CNC(=O)c2noc3c2COc2ccccc2-3)cc1. The smallest absolute Gasteiger partial charge is 0.274 e. The third kappa shape index (κ3) is 2.54. The number of ether oxygens (including phenoxy) is 1. The molecule has 5 heteroatoms. The maximum Gasteiger partial charge on any atom is 0.274 e. The highest BCUT2D eigenvalue weighted by molar-refractivity contribution is 5.95. The van der Waals surface area contributed by atoms with Gasteiger partial charge in [-0.2, -0.15) is 0 Å². The van der Waals surface area contributed by atoms with Crippen molar-refractivity contribution in [1.82, 2.24) is 10.5 Å². The van der Waals surface area contributed by atoms with E-state index in [1.54, 1.807) is 0 Å². The summed E-state index contributed by atoms with van der Waals surface area (Å²) in [5.41, 5.74) is 4.02. The summed E-state index contributed by atoms with van der Waals surface area (Å²) < 4.78 is 11.1. The Hall–Kier alpha value is -3.08. The molecule has 0 fully saturated rings. The zero-order valence-corrected chi connectivity index (χ0v) is 13.2. The second-order valence-corrected chi connectivity index (χ2v) is 5.79. The van der Waals surface area contributed by atoms with Gasteiger partial charge in [-0.15, -0.1) is 0 Å². The van der Waals surface area contributed by atoms with E-state index in [4.69, 9.17) is 9.26 Å². The number of fused-ring (bicyclic) bond motifs is 3. The van der Waals surface area contributed by atoms with Crippen LogP contribution in [0.15, 0.2) is 53.1 Å². The van der Waals surface area contributed by atoms with Crippen molar-refractivity contribution in [1.29, 1.82) is 0 Å². The third-order valence-corrected chi connectivity index (χ3v) is 4.08. The number of benzene rings is 2. The molecule has 2 aromatic carbocycles. The van der Waals surface area contributed by atoms with Crippen molar-refractivity contribution in [3.8, 4) is 17.1 Å². The molecule has 1 aromatic heterocycles. The van der Waals surface area contributed by atoms with E-state index in [9.17, 15) is 4.79 Å². The van der Waals surface area contributed by atoms with E-state index in [2.05, 4.69) is 10.5 Å². The molecule has 0 aliphatic carbocycles. The van der Waals surface area contributed by atoms with Crippen molar-refractivity contribution in [3.63, 3.8) is 0 Å². The summed E-state index contributed by atoms with van der Waals surface area (Å²) in [6.07, 6.45) is 0. The van der Waals surface area contributed by atoms with Gasteiger partial charge in [-0.05, 0) is 24.6 Å². The van der Waals surface area contributed by atoms with Gasteiger partial charge in [0.05, 0.1) is 11.1 Å². The van der Waals surface area contributed by atoms with E-state index in [1.165, 1.54) is 5.56 Å². The molecule has 1 amide bonds. The molecule has 0 radical (unpaired) electrons. The Morgan fingerprint density at radius 1 is 1.17 bits per heavy atom. The first-order valence-electron chi connectivity index (χ1n) is 7.77. The number of aromatic nitrogens is 1. The number of aryl methyl sites for hydroxylation is 1. The van der Waals surface area contributed by atoms with Crippen LogP contribution in [0.4, 0.5) is 0 Å². The first-order chi connectivity index (χ1) is 11.7. The summed E-state index contributed by atoms with van der Waals surface area (Å²) in [6, 6.07) is 15.6. The van der Waals surface area contributed by atoms with Gasteiger partial charge in [-0.1, -0.05) is 47.1 Å². The Balaban J connectivity index is 1.55. The van der Waals surface area contributed by atoms with Crippen molar-refractivity contribution in [3.05, 3.63) is 70.9 Å². The van der Waals surface area contributed by atoms with E-state index in [0.717, 1.165) is 16.9 Å². The molecule has 1 N–H and O–H groups in total. The Kier molecular flexibility index (Phi) is 3.54. The fraction of sp³-hybridized carbons (Fsp3) is 0.158. The predicted octanol–water partition coefficient (Wildman–Crippen LogP) is 3.47. The van der Waals surface area contributed by atoms with Crippen LogP contribution in [0.2, 0.25) is 0 Å². The largest absolute Gasteiger partial charge is 0.488 e. The zero-order chi connectivity index (χ0) is 16.5. The minimum atomic E-state index is -0.261. The summed E-state index contributed by atoms with van der Waals surface area (Å²) in [5.74, 6) is 1.09. The summed E-state index contributed by atoms with van der Waals surface area (Å²) in [6.45, 7) is 2.75. The van der Waals surface area contributed by atoms with Crippen LogP contribution < -0.4 is 10.1 Å². The van der Waals surface area contributed by atoms with Crippen LogP contribution in [0, 0.1) is 6.92 Å². The summed E-state index contributed by atoms with van der Waals surface area (Å²) in [5, 5.41) is 6.83. The number of hydrogen-bond donors (Lipinski definition) is 1. The van der Waals surface area contributed by atoms with E-state index < -0.39 is 0 Å². The highest BCUT2D eigenvalue weighted by atomic mass is 16.5. The molecule has 0 saturated carbocycles. The molecule has 0 bridgehead atoms. The molecule has 0 atom stereocenters. The van der Waals surface area contributed by atoms with Gasteiger partial charge in [0, 0.05) is 6.54 Å². The van der Waals surface area contributed by atoms with Crippen LogP contribution in [0.25, 0.3) is 11.3 Å². The fourth-order valence-electron chi connectivity index (χ4n) is 2.74. The van der Waals surface area contributed by atoms with Crippen LogP contribution >= 0.6 is 0 Å². The van der Waals surface area contributed by atoms with Gasteiger partial charge in [0.15, 0.2) is 11.5 Å². The second-order valence-electron chi connectivity index (χ2n) is 5.79. The van der Waals surface area contributed by atoms with Crippen molar-refractivity contribution in [2.24, 2.45) is 0 Å². The Morgan fingerprint density at radius 3 is 2.79 bits per heavy atom.